The number of carbonyl (C=O) groups is 1. The predicted molar refractivity (Wildman–Crippen MR) is 84.8 cm³/mol. The minimum Gasteiger partial charge on any atom is -0.488 e. The summed E-state index contributed by atoms with van der Waals surface area (Å²) in [6.45, 7) is 2.88. The van der Waals surface area contributed by atoms with Gasteiger partial charge in [-0.2, -0.15) is 0 Å². The predicted octanol–water partition coefficient (Wildman–Crippen LogP) is 2.52. The first-order valence-electron chi connectivity index (χ1n) is 7.01. The molecule has 0 unspecified atom stereocenters. The van der Waals surface area contributed by atoms with Crippen LogP contribution in [0.25, 0.3) is 6.08 Å². The molecule has 0 saturated heterocycles. The van der Waals surface area contributed by atoms with Gasteiger partial charge in [-0.3, -0.25) is 4.79 Å². The molecule has 22 heavy (non-hydrogen) atoms. The van der Waals surface area contributed by atoms with Crippen LogP contribution in [-0.2, 0) is 11.3 Å². The lowest BCUT2D eigenvalue weighted by molar-refractivity contribution is -0.118. The molecule has 0 saturated carbocycles. The molecule has 114 valence electrons. The molecule has 1 aromatic heterocycles. The molecule has 0 aliphatic carbocycles. The lowest BCUT2D eigenvalue weighted by Crippen LogP contribution is -2.37. The summed E-state index contributed by atoms with van der Waals surface area (Å²) in [5, 5.41) is 3.58. The van der Waals surface area contributed by atoms with E-state index in [1.165, 1.54) is 0 Å². The molecule has 3 rings (SSSR count). The van der Waals surface area contributed by atoms with E-state index in [2.05, 4.69) is 10.3 Å². The maximum Gasteiger partial charge on any atom is 0.250 e. The van der Waals surface area contributed by atoms with Crippen LogP contribution in [0.2, 0.25) is 5.02 Å². The highest BCUT2D eigenvalue weighted by atomic mass is 35.5. The zero-order valence-electron chi connectivity index (χ0n) is 12.1. The van der Waals surface area contributed by atoms with Crippen molar-refractivity contribution in [2.75, 3.05) is 6.61 Å². The molecule has 0 fully saturated rings. The second-order valence-electron chi connectivity index (χ2n) is 5.27. The molecule has 1 atom stereocenters. The average Bonchev–Trinajstić information content (AvgIpc) is 2.99. The van der Waals surface area contributed by atoms with Crippen molar-refractivity contribution in [1.29, 1.82) is 0 Å². The molecule has 1 aromatic carbocycles. The number of carbonyl (C=O) groups excluding carboxylic acids is 1. The van der Waals surface area contributed by atoms with Crippen LogP contribution in [0.3, 0.4) is 0 Å². The monoisotopic (exact) mass is 317 g/mol. The fourth-order valence-corrected chi connectivity index (χ4v) is 2.53. The Hall–Kier alpha value is -2.27. The first kappa shape index (κ1) is 14.7. The number of aromatic nitrogens is 2. The number of imidazole rings is 1. The Morgan fingerprint density at radius 3 is 3.18 bits per heavy atom. The Kier molecular flexibility index (Phi) is 4.15. The number of rotatable bonds is 4. The summed E-state index contributed by atoms with van der Waals surface area (Å²) in [5.74, 6) is 0.616. The Balaban J connectivity index is 1.67. The van der Waals surface area contributed by atoms with Gasteiger partial charge >= 0.3 is 0 Å². The zero-order valence-corrected chi connectivity index (χ0v) is 12.9. The van der Waals surface area contributed by atoms with Crippen molar-refractivity contribution in [1.82, 2.24) is 14.9 Å². The molecule has 5 nitrogen and oxygen atoms in total. The van der Waals surface area contributed by atoms with E-state index in [9.17, 15) is 4.79 Å². The van der Waals surface area contributed by atoms with Crippen molar-refractivity contribution in [2.45, 2.75) is 19.5 Å². The fraction of sp³-hybridized carbons (Fsp3) is 0.250. The average molecular weight is 318 g/mol. The van der Waals surface area contributed by atoms with Gasteiger partial charge in [0.15, 0.2) is 0 Å². The highest BCUT2D eigenvalue weighted by molar-refractivity contribution is 6.30. The Morgan fingerprint density at radius 2 is 2.41 bits per heavy atom. The van der Waals surface area contributed by atoms with Crippen molar-refractivity contribution in [3.8, 4) is 5.75 Å². The van der Waals surface area contributed by atoms with Crippen molar-refractivity contribution in [2.24, 2.45) is 0 Å². The quantitative estimate of drug-likeness (QED) is 0.942. The first-order valence-corrected chi connectivity index (χ1v) is 7.39. The molecular weight excluding hydrogens is 302 g/mol. The third kappa shape index (κ3) is 3.31. The maximum atomic E-state index is 12.3. The van der Waals surface area contributed by atoms with Gasteiger partial charge in [0.05, 0.1) is 11.9 Å². The number of hydrogen-bond acceptors (Lipinski definition) is 3. The van der Waals surface area contributed by atoms with Crippen molar-refractivity contribution in [3.63, 3.8) is 0 Å². The highest BCUT2D eigenvalue weighted by Crippen LogP contribution is 2.28. The number of ether oxygens (including phenoxy) is 1. The van der Waals surface area contributed by atoms with Gasteiger partial charge in [-0.15, -0.1) is 0 Å². The number of amides is 1. The van der Waals surface area contributed by atoms with Crippen LogP contribution in [0.1, 0.15) is 12.5 Å². The topological polar surface area (TPSA) is 56.2 Å². The summed E-state index contributed by atoms with van der Waals surface area (Å²) in [4.78, 5) is 16.3. The summed E-state index contributed by atoms with van der Waals surface area (Å²) in [6, 6.07) is 5.36. The molecule has 0 radical (unpaired) electrons. The van der Waals surface area contributed by atoms with E-state index < -0.39 is 0 Å². The van der Waals surface area contributed by atoms with Gasteiger partial charge in [0, 0.05) is 35.6 Å². The van der Waals surface area contributed by atoms with Crippen LogP contribution in [0.4, 0.5) is 0 Å². The summed E-state index contributed by atoms with van der Waals surface area (Å²) in [7, 11) is 0. The second-order valence-corrected chi connectivity index (χ2v) is 5.71. The SMILES string of the molecule is C[C@H](Cn1ccnc1)NC(=O)C1=Cc2cc(Cl)ccc2OC1. The van der Waals surface area contributed by atoms with Crippen molar-refractivity contribution in [3.05, 3.63) is 53.1 Å². The summed E-state index contributed by atoms with van der Waals surface area (Å²) >= 11 is 5.97. The van der Waals surface area contributed by atoms with Crippen LogP contribution in [0.15, 0.2) is 42.5 Å². The zero-order chi connectivity index (χ0) is 15.5. The van der Waals surface area contributed by atoms with Gasteiger partial charge in [-0.25, -0.2) is 4.98 Å². The minimum atomic E-state index is -0.127. The van der Waals surface area contributed by atoms with Crippen molar-refractivity contribution < 1.29 is 9.53 Å². The molecular formula is C16H16ClN3O2. The smallest absolute Gasteiger partial charge is 0.250 e. The first-order chi connectivity index (χ1) is 10.6. The molecule has 6 heteroatoms. The van der Waals surface area contributed by atoms with Crippen LogP contribution >= 0.6 is 11.6 Å². The summed E-state index contributed by atoms with van der Waals surface area (Å²) in [5.41, 5.74) is 1.42. The molecule has 2 aromatic rings. The van der Waals surface area contributed by atoms with E-state index in [0.29, 0.717) is 17.1 Å². The Labute approximate surface area is 133 Å². The van der Waals surface area contributed by atoms with Crippen LogP contribution in [-0.4, -0.2) is 28.1 Å². The van der Waals surface area contributed by atoms with E-state index >= 15 is 0 Å². The summed E-state index contributed by atoms with van der Waals surface area (Å²) < 4.78 is 7.52. The Bertz CT molecular complexity index is 710. The number of nitrogens with zero attached hydrogens (tertiary/aromatic N) is 2. The molecule has 1 amide bonds. The molecule has 1 N–H and O–H groups in total. The van der Waals surface area contributed by atoms with Gasteiger partial charge in [-0.05, 0) is 31.2 Å². The van der Waals surface area contributed by atoms with E-state index in [-0.39, 0.29) is 18.6 Å². The Morgan fingerprint density at radius 1 is 1.55 bits per heavy atom. The molecule has 1 aliphatic heterocycles. The fourth-order valence-electron chi connectivity index (χ4n) is 2.35. The number of hydrogen-bond donors (Lipinski definition) is 1. The third-order valence-electron chi connectivity index (χ3n) is 3.40. The molecule has 2 heterocycles. The van der Waals surface area contributed by atoms with E-state index in [4.69, 9.17) is 16.3 Å². The third-order valence-corrected chi connectivity index (χ3v) is 3.63. The maximum absolute atomic E-state index is 12.3. The van der Waals surface area contributed by atoms with Crippen LogP contribution < -0.4 is 10.1 Å². The minimum absolute atomic E-state index is 0.0108. The lowest BCUT2D eigenvalue weighted by atomic mass is 10.1. The van der Waals surface area contributed by atoms with Crippen LogP contribution in [0.5, 0.6) is 5.75 Å². The van der Waals surface area contributed by atoms with Crippen LogP contribution in [0, 0.1) is 0 Å². The van der Waals surface area contributed by atoms with E-state index in [0.717, 1.165) is 11.3 Å². The number of halogens is 1. The van der Waals surface area contributed by atoms with Gasteiger partial charge < -0.3 is 14.6 Å². The molecule has 0 spiro atoms. The van der Waals surface area contributed by atoms with Gasteiger partial charge in [0.2, 0.25) is 0 Å². The molecule has 1 aliphatic rings. The normalized spacial score (nSPS) is 14.5. The van der Waals surface area contributed by atoms with Crippen molar-refractivity contribution >= 4 is 23.6 Å². The standard InChI is InChI=1S/C16H16ClN3O2/c1-11(8-20-5-4-18-10-20)19-16(21)13-6-12-7-14(17)2-3-15(12)22-9-13/h2-7,10-11H,8-9H2,1H3,(H,19,21)/t11-/m1/s1. The van der Waals surface area contributed by atoms with Gasteiger partial charge in [0.25, 0.3) is 5.91 Å². The van der Waals surface area contributed by atoms with Gasteiger partial charge in [0.1, 0.15) is 12.4 Å². The van der Waals surface area contributed by atoms with E-state index in [1.54, 1.807) is 24.7 Å². The summed E-state index contributed by atoms with van der Waals surface area (Å²) in [6.07, 6.45) is 7.13. The lowest BCUT2D eigenvalue weighted by Gasteiger charge is -2.20. The number of nitrogens with one attached hydrogen (secondary N) is 1. The number of benzene rings is 1. The van der Waals surface area contributed by atoms with E-state index in [1.807, 2.05) is 29.8 Å². The highest BCUT2D eigenvalue weighted by Gasteiger charge is 2.18. The second kappa shape index (κ2) is 6.23. The largest absolute Gasteiger partial charge is 0.488 e. The van der Waals surface area contributed by atoms with Gasteiger partial charge in [-0.1, -0.05) is 11.6 Å². The molecule has 0 bridgehead atoms. The number of fused-ring (bicyclic) bond motifs is 1.